The molecule has 1 heterocycles. The summed E-state index contributed by atoms with van der Waals surface area (Å²) in [6, 6.07) is 3.92. The fourth-order valence-corrected chi connectivity index (χ4v) is 2.70. The van der Waals surface area contributed by atoms with E-state index in [4.69, 9.17) is 9.47 Å². The maximum Gasteiger partial charge on any atom is 0.410 e. The maximum atomic E-state index is 12.6. The van der Waals surface area contributed by atoms with Crippen molar-refractivity contribution in [2.75, 3.05) is 19.8 Å². The first-order chi connectivity index (χ1) is 12.1. The number of rotatable bonds is 4. The molecule has 0 bridgehead atoms. The molecule has 1 unspecified atom stereocenters. The second-order valence-corrected chi connectivity index (χ2v) is 7.29. The maximum absolute atomic E-state index is 12.6. The van der Waals surface area contributed by atoms with Crippen LogP contribution in [0.1, 0.15) is 43.1 Å². The van der Waals surface area contributed by atoms with Gasteiger partial charge in [0, 0.05) is 30.2 Å². The number of aryl methyl sites for hydroxylation is 1. The average Bonchev–Trinajstić information content (AvgIpc) is 2.53. The summed E-state index contributed by atoms with van der Waals surface area (Å²) in [6.07, 6.45) is -0.479. The summed E-state index contributed by atoms with van der Waals surface area (Å²) in [6.45, 7) is 7.87. The highest BCUT2D eigenvalue weighted by Crippen LogP contribution is 2.22. The van der Waals surface area contributed by atoms with Crippen molar-refractivity contribution >= 4 is 17.6 Å². The minimum absolute atomic E-state index is 0.0134. The summed E-state index contributed by atoms with van der Waals surface area (Å²) in [7, 11) is 0. The fraction of sp³-hybridized carbons (Fsp3) is 0.556. The number of ketones is 1. The van der Waals surface area contributed by atoms with Gasteiger partial charge in [-0.2, -0.15) is 0 Å². The molecule has 0 saturated carbocycles. The molecule has 1 fully saturated rings. The largest absolute Gasteiger partial charge is 0.444 e. The lowest BCUT2D eigenvalue weighted by molar-refractivity contribution is -0.385. The predicted octanol–water partition coefficient (Wildman–Crippen LogP) is 3.11. The molecule has 26 heavy (non-hydrogen) atoms. The number of benzene rings is 1. The standard InChI is InChI=1S/C18H24N2O6/c1-12-5-6-13(9-15(12)20(23)24)16(21)10-14-11-25-8-7-19(14)17(22)26-18(2,3)4/h5-6,9,14H,7-8,10-11H2,1-4H3. The second kappa shape index (κ2) is 7.82. The van der Waals surface area contributed by atoms with E-state index in [1.54, 1.807) is 39.8 Å². The highest BCUT2D eigenvalue weighted by Gasteiger charge is 2.32. The van der Waals surface area contributed by atoms with E-state index in [1.807, 2.05) is 0 Å². The Morgan fingerprint density at radius 1 is 1.38 bits per heavy atom. The summed E-state index contributed by atoms with van der Waals surface area (Å²) in [5.41, 5.74) is 0.00121. The molecule has 1 atom stereocenters. The molecule has 8 heteroatoms. The molecule has 1 aromatic rings. The molecule has 8 nitrogen and oxygen atoms in total. The second-order valence-electron chi connectivity index (χ2n) is 7.29. The number of nitro benzene ring substituents is 1. The van der Waals surface area contributed by atoms with Crippen LogP contribution in [0.5, 0.6) is 0 Å². The van der Waals surface area contributed by atoms with Crippen LogP contribution < -0.4 is 0 Å². The summed E-state index contributed by atoms with van der Waals surface area (Å²) in [5, 5.41) is 11.1. The molecule has 0 aliphatic carbocycles. The number of nitrogens with zero attached hydrogens (tertiary/aromatic N) is 2. The van der Waals surface area contributed by atoms with Crippen molar-refractivity contribution in [1.29, 1.82) is 0 Å². The Balaban J connectivity index is 2.14. The van der Waals surface area contributed by atoms with E-state index in [0.29, 0.717) is 18.7 Å². The van der Waals surface area contributed by atoms with Gasteiger partial charge in [0.25, 0.3) is 5.69 Å². The number of hydrogen-bond donors (Lipinski definition) is 0. The third-order valence-corrected chi connectivity index (χ3v) is 4.00. The van der Waals surface area contributed by atoms with Crippen molar-refractivity contribution in [3.63, 3.8) is 0 Å². The van der Waals surface area contributed by atoms with Gasteiger partial charge in [0.05, 0.1) is 24.2 Å². The Labute approximate surface area is 152 Å². The summed E-state index contributed by atoms with van der Waals surface area (Å²) >= 11 is 0. The molecule has 0 radical (unpaired) electrons. The third kappa shape index (κ3) is 5.01. The molecule has 0 N–H and O–H groups in total. The van der Waals surface area contributed by atoms with Crippen molar-refractivity contribution in [3.05, 3.63) is 39.4 Å². The first kappa shape index (κ1) is 19.8. The lowest BCUT2D eigenvalue weighted by atomic mass is 10.0. The molecular formula is C18H24N2O6. The van der Waals surface area contributed by atoms with Gasteiger partial charge in [0.2, 0.25) is 0 Å². The van der Waals surface area contributed by atoms with Crippen molar-refractivity contribution in [2.45, 2.75) is 45.8 Å². The number of morpholine rings is 1. The highest BCUT2D eigenvalue weighted by atomic mass is 16.6. The Kier molecular flexibility index (Phi) is 5.97. The van der Waals surface area contributed by atoms with E-state index < -0.39 is 22.7 Å². The zero-order valence-corrected chi connectivity index (χ0v) is 15.5. The van der Waals surface area contributed by atoms with Crippen LogP contribution in [-0.2, 0) is 9.47 Å². The SMILES string of the molecule is Cc1ccc(C(=O)CC2COCCN2C(=O)OC(C)(C)C)cc1[N+](=O)[O-]. The van der Waals surface area contributed by atoms with Crippen LogP contribution in [0.2, 0.25) is 0 Å². The smallest absolute Gasteiger partial charge is 0.410 e. The van der Waals surface area contributed by atoms with Crippen LogP contribution in [0, 0.1) is 17.0 Å². The van der Waals surface area contributed by atoms with E-state index in [1.165, 1.54) is 11.0 Å². The Morgan fingerprint density at radius 2 is 2.08 bits per heavy atom. The number of Topliss-reactive ketones (excluding diaryl/α,β-unsaturated/α-hetero) is 1. The molecule has 1 saturated heterocycles. The first-order valence-electron chi connectivity index (χ1n) is 8.44. The minimum atomic E-state index is -0.637. The molecule has 1 aliphatic heterocycles. The van der Waals surface area contributed by atoms with Crippen LogP contribution >= 0.6 is 0 Å². The van der Waals surface area contributed by atoms with Crippen molar-refractivity contribution in [3.8, 4) is 0 Å². The van der Waals surface area contributed by atoms with Gasteiger partial charge in [-0.1, -0.05) is 12.1 Å². The number of nitro groups is 1. The molecule has 1 amide bonds. The van der Waals surface area contributed by atoms with Crippen molar-refractivity contribution in [2.24, 2.45) is 0 Å². The topological polar surface area (TPSA) is 99.0 Å². The first-order valence-corrected chi connectivity index (χ1v) is 8.44. The molecule has 1 aromatic carbocycles. The van der Waals surface area contributed by atoms with E-state index in [-0.39, 0.29) is 30.1 Å². The quantitative estimate of drug-likeness (QED) is 0.462. The van der Waals surface area contributed by atoms with Crippen LogP contribution in [0.25, 0.3) is 0 Å². The highest BCUT2D eigenvalue weighted by molar-refractivity contribution is 5.97. The monoisotopic (exact) mass is 364 g/mol. The zero-order chi connectivity index (χ0) is 19.5. The number of hydrogen-bond acceptors (Lipinski definition) is 6. The van der Waals surface area contributed by atoms with E-state index in [2.05, 4.69) is 0 Å². The Morgan fingerprint density at radius 3 is 2.69 bits per heavy atom. The van der Waals surface area contributed by atoms with Gasteiger partial charge in [-0.05, 0) is 27.7 Å². The van der Waals surface area contributed by atoms with Crippen LogP contribution in [0.3, 0.4) is 0 Å². The molecule has 0 aromatic heterocycles. The van der Waals surface area contributed by atoms with Gasteiger partial charge >= 0.3 is 6.09 Å². The summed E-state index contributed by atoms with van der Waals surface area (Å²) in [5.74, 6) is -0.280. The lowest BCUT2D eigenvalue weighted by Crippen LogP contribution is -2.51. The van der Waals surface area contributed by atoms with Crippen LogP contribution in [0.15, 0.2) is 18.2 Å². The number of carbonyl (C=O) groups is 2. The van der Waals surface area contributed by atoms with Crippen LogP contribution in [-0.4, -0.2) is 53.1 Å². The van der Waals surface area contributed by atoms with Gasteiger partial charge in [-0.15, -0.1) is 0 Å². The molecule has 1 aliphatic rings. The van der Waals surface area contributed by atoms with E-state index in [0.717, 1.165) is 0 Å². The van der Waals surface area contributed by atoms with Crippen LogP contribution in [0.4, 0.5) is 10.5 Å². The van der Waals surface area contributed by atoms with E-state index >= 15 is 0 Å². The molecule has 2 rings (SSSR count). The van der Waals surface area contributed by atoms with Crippen molar-refractivity contribution in [1.82, 2.24) is 4.90 Å². The number of carbonyl (C=O) groups excluding carboxylic acids is 2. The van der Waals surface area contributed by atoms with Gasteiger partial charge in [0.1, 0.15) is 5.60 Å². The molecule has 142 valence electrons. The van der Waals surface area contributed by atoms with Gasteiger partial charge in [-0.25, -0.2) is 4.79 Å². The number of ether oxygens (including phenoxy) is 2. The van der Waals surface area contributed by atoms with Crippen molar-refractivity contribution < 1.29 is 24.0 Å². The number of amides is 1. The molecule has 0 spiro atoms. The third-order valence-electron chi connectivity index (χ3n) is 4.00. The average molecular weight is 364 g/mol. The predicted molar refractivity (Wildman–Crippen MR) is 94.3 cm³/mol. The fourth-order valence-electron chi connectivity index (χ4n) is 2.70. The Bertz CT molecular complexity index is 710. The summed E-state index contributed by atoms with van der Waals surface area (Å²) < 4.78 is 10.8. The van der Waals surface area contributed by atoms with Gasteiger partial charge in [-0.3, -0.25) is 14.9 Å². The zero-order valence-electron chi connectivity index (χ0n) is 15.5. The van der Waals surface area contributed by atoms with Gasteiger partial charge in [0.15, 0.2) is 5.78 Å². The molecular weight excluding hydrogens is 340 g/mol. The Hall–Kier alpha value is -2.48. The normalized spacial score (nSPS) is 17.7. The minimum Gasteiger partial charge on any atom is -0.444 e. The lowest BCUT2D eigenvalue weighted by Gasteiger charge is -2.36. The van der Waals surface area contributed by atoms with E-state index in [9.17, 15) is 19.7 Å². The van der Waals surface area contributed by atoms with Gasteiger partial charge < -0.3 is 14.4 Å². The summed E-state index contributed by atoms with van der Waals surface area (Å²) in [4.78, 5) is 37.0.